The van der Waals surface area contributed by atoms with Crippen LogP contribution in [0.4, 0.5) is 8.78 Å². The van der Waals surface area contributed by atoms with Gasteiger partial charge in [-0.15, -0.1) is 0 Å². The molecule has 1 aliphatic carbocycles. The van der Waals surface area contributed by atoms with E-state index in [1.807, 2.05) is 31.4 Å². The van der Waals surface area contributed by atoms with E-state index in [4.69, 9.17) is 43.3 Å². The molecular formula is C36H31Cl2F2N11O5. The molecule has 56 heavy (non-hydrogen) atoms. The number of pyridine rings is 2. The average Bonchev–Trinajstić information content (AvgIpc) is 4.03. The molecule has 1 aliphatic rings. The monoisotopic (exact) mass is 805 g/mol. The second-order valence-corrected chi connectivity index (χ2v) is 12.5. The third-order valence-electron chi connectivity index (χ3n) is 8.09. The second-order valence-electron chi connectivity index (χ2n) is 11.6. The first kappa shape index (κ1) is 39.4. The van der Waals surface area contributed by atoms with E-state index in [1.165, 1.54) is 30.0 Å². The number of hydrogen-bond donors (Lipinski definition) is 4. The predicted molar refractivity (Wildman–Crippen MR) is 198 cm³/mol. The van der Waals surface area contributed by atoms with Crippen molar-refractivity contribution in [1.82, 2.24) is 50.0 Å². The van der Waals surface area contributed by atoms with Crippen molar-refractivity contribution < 1.29 is 32.6 Å². The quantitative estimate of drug-likeness (QED) is 0.0579. The third kappa shape index (κ3) is 8.63. The number of benzene rings is 1. The molecule has 16 nitrogen and oxygen atoms in total. The Balaban J connectivity index is 0.000000182. The van der Waals surface area contributed by atoms with Crippen LogP contribution in [0, 0.1) is 11.6 Å². The number of rotatable bonds is 8. The van der Waals surface area contributed by atoms with Gasteiger partial charge in [-0.3, -0.25) is 20.2 Å². The van der Waals surface area contributed by atoms with E-state index in [0.717, 1.165) is 16.2 Å². The molecule has 20 heteroatoms. The van der Waals surface area contributed by atoms with Crippen LogP contribution >= 0.6 is 23.2 Å². The molecule has 0 spiro atoms. The molecule has 6 heterocycles. The van der Waals surface area contributed by atoms with Gasteiger partial charge in [0.15, 0.2) is 11.6 Å². The van der Waals surface area contributed by atoms with Crippen LogP contribution in [0.2, 0.25) is 5.02 Å². The number of carbonyl (C=O) groups excluding carboxylic acids is 2. The third-order valence-corrected chi connectivity index (χ3v) is 8.66. The molecule has 0 atom stereocenters. The summed E-state index contributed by atoms with van der Waals surface area (Å²) < 4.78 is 40.5. The fourth-order valence-electron chi connectivity index (χ4n) is 5.62. The van der Waals surface area contributed by atoms with E-state index in [1.54, 1.807) is 45.2 Å². The van der Waals surface area contributed by atoms with Crippen molar-refractivity contribution in [2.45, 2.75) is 39.5 Å². The van der Waals surface area contributed by atoms with Gasteiger partial charge in [-0.2, -0.15) is 9.97 Å². The van der Waals surface area contributed by atoms with Crippen LogP contribution in [0.5, 0.6) is 0 Å². The van der Waals surface area contributed by atoms with Gasteiger partial charge in [0.2, 0.25) is 0 Å². The molecule has 2 amide bonds. The first-order valence-corrected chi connectivity index (χ1v) is 17.6. The van der Waals surface area contributed by atoms with E-state index >= 15 is 0 Å². The Labute approximate surface area is 325 Å². The molecule has 288 valence electrons. The van der Waals surface area contributed by atoms with Gasteiger partial charge >= 0.3 is 23.6 Å². The van der Waals surface area contributed by atoms with Crippen molar-refractivity contribution in [1.29, 1.82) is 0 Å². The molecule has 8 rings (SSSR count). The van der Waals surface area contributed by atoms with Crippen LogP contribution in [0.15, 0.2) is 87.2 Å². The Bertz CT molecular complexity index is 2600. The molecule has 0 saturated heterocycles. The van der Waals surface area contributed by atoms with Crippen molar-refractivity contribution in [3.05, 3.63) is 135 Å². The smallest absolute Gasteiger partial charge is 0.328 e. The van der Waals surface area contributed by atoms with Gasteiger partial charge in [-0.1, -0.05) is 65.6 Å². The molecular weight excluding hydrogens is 775 g/mol. The lowest BCUT2D eigenvalue weighted by Gasteiger charge is -2.10. The molecule has 7 aromatic rings. The van der Waals surface area contributed by atoms with Crippen LogP contribution < -0.4 is 16.7 Å². The van der Waals surface area contributed by atoms with Crippen molar-refractivity contribution in [3.8, 4) is 11.3 Å². The number of hydroxylamine groups is 1. The number of fused-ring (bicyclic) bond motifs is 2. The number of allylic oxidation sites excluding steroid dienone is 4. The molecule has 0 radical (unpaired) electrons. The number of hydrazine groups is 1. The van der Waals surface area contributed by atoms with Gasteiger partial charge in [0, 0.05) is 28.0 Å². The first-order chi connectivity index (χ1) is 27.1. The van der Waals surface area contributed by atoms with Gasteiger partial charge < -0.3 is 17.8 Å². The molecule has 6 aromatic heterocycles. The average molecular weight is 807 g/mol. The number of nitrogens with zero attached hydrogens (tertiary/aromatic N) is 8. The fraction of sp³-hybridized carbons (Fsp3) is 0.167. The number of imidazole rings is 2. The summed E-state index contributed by atoms with van der Waals surface area (Å²) in [4.78, 5) is 40.0. The maximum atomic E-state index is 13.8. The molecule has 1 aromatic carbocycles. The molecule has 0 unspecified atom stereocenters. The number of halogens is 4. The van der Waals surface area contributed by atoms with Gasteiger partial charge in [0.1, 0.15) is 22.9 Å². The first-order valence-electron chi connectivity index (χ1n) is 16.8. The van der Waals surface area contributed by atoms with E-state index in [9.17, 15) is 18.4 Å². The summed E-state index contributed by atoms with van der Waals surface area (Å²) in [6.07, 6.45) is 8.10. The lowest BCUT2D eigenvalue weighted by Crippen LogP contribution is -2.30. The number of carbonyl (C=O) groups is 2. The van der Waals surface area contributed by atoms with Crippen molar-refractivity contribution >= 4 is 51.9 Å². The van der Waals surface area contributed by atoms with Crippen LogP contribution in [0.1, 0.15) is 76.8 Å². The highest BCUT2D eigenvalue weighted by atomic mass is 35.5. The SMILES string of the molecule is CC.NNC(=O)c1nc(Cc2c(C3=CC=C(Cl)CC3)nc3ccc(F)cn23)no1.O=C(NO)c1nc(Cc2c(-c3ccc(Cl)cc3)nc3ccc(F)cn23)no1. The summed E-state index contributed by atoms with van der Waals surface area (Å²) in [5, 5.41) is 17.5. The Morgan fingerprint density at radius 1 is 0.768 bits per heavy atom. The summed E-state index contributed by atoms with van der Waals surface area (Å²) in [6, 6.07) is 12.9. The molecule has 0 aliphatic heterocycles. The number of aromatic nitrogens is 8. The number of nitrogens with one attached hydrogen (secondary N) is 2. The van der Waals surface area contributed by atoms with E-state index < -0.39 is 23.4 Å². The molecule has 0 fully saturated rings. The van der Waals surface area contributed by atoms with E-state index in [0.29, 0.717) is 51.9 Å². The summed E-state index contributed by atoms with van der Waals surface area (Å²) >= 11 is 12.0. The normalized spacial score (nSPS) is 12.3. The predicted octanol–water partition coefficient (Wildman–Crippen LogP) is 6.26. The minimum absolute atomic E-state index is 0.116. The summed E-state index contributed by atoms with van der Waals surface area (Å²) in [7, 11) is 0. The van der Waals surface area contributed by atoms with Crippen molar-refractivity contribution in [3.63, 3.8) is 0 Å². The zero-order valence-electron chi connectivity index (χ0n) is 29.5. The topological polar surface area (TPSA) is 217 Å². The summed E-state index contributed by atoms with van der Waals surface area (Å²) in [5.74, 6) is 2.42. The van der Waals surface area contributed by atoms with Gasteiger partial charge in [-0.05, 0) is 60.9 Å². The number of nitrogen functional groups attached to an aromatic ring is 1. The molecule has 0 bridgehead atoms. The largest absolute Gasteiger partial charge is 0.333 e. The Kier molecular flexibility index (Phi) is 12.2. The Hall–Kier alpha value is -6.34. The lowest BCUT2D eigenvalue weighted by molar-refractivity contribution is 0.0659. The van der Waals surface area contributed by atoms with E-state index in [2.05, 4.69) is 30.2 Å². The minimum atomic E-state index is -0.920. The Morgan fingerprint density at radius 3 is 1.82 bits per heavy atom. The van der Waals surface area contributed by atoms with Crippen molar-refractivity contribution in [2.75, 3.05) is 0 Å². The maximum Gasteiger partial charge on any atom is 0.333 e. The van der Waals surface area contributed by atoms with Crippen molar-refractivity contribution in [2.24, 2.45) is 5.84 Å². The minimum Gasteiger partial charge on any atom is -0.328 e. The van der Waals surface area contributed by atoms with Gasteiger partial charge in [-0.25, -0.2) is 30.1 Å². The Morgan fingerprint density at radius 2 is 1.30 bits per heavy atom. The zero-order valence-corrected chi connectivity index (χ0v) is 31.0. The van der Waals surface area contributed by atoms with E-state index in [-0.39, 0.29) is 36.3 Å². The van der Waals surface area contributed by atoms with Crippen LogP contribution in [-0.4, -0.2) is 56.1 Å². The summed E-state index contributed by atoms with van der Waals surface area (Å²) in [6.45, 7) is 4.00. The maximum absolute atomic E-state index is 13.8. The van der Waals surface area contributed by atoms with Crippen LogP contribution in [-0.2, 0) is 12.8 Å². The standard InChI is InChI=1S/C17H14ClFN6O2.C17H11ClFN5O3.C2H6/c18-10-3-1-9(2-4-10)15-12(25-8-11(19)5-6-14(25)22-15)7-13-21-17(27-24-13)16(26)23-20;18-10-3-1-9(2-4-10)15-12(24-8-11(19)5-6-14(24)21-15)7-13-20-17(27-23-13)16(25)22-26;1-2/h1,3,5-6,8H,2,4,7,20H2,(H,23,26);1-6,8,26H,7H2,(H,22,25);1-2H3. The van der Waals surface area contributed by atoms with Gasteiger partial charge in [0.05, 0.1) is 35.6 Å². The number of hydrogen-bond acceptors (Lipinski definition) is 12. The fourth-order valence-corrected chi connectivity index (χ4v) is 5.91. The number of amides is 2. The van der Waals surface area contributed by atoms with Crippen LogP contribution in [0.25, 0.3) is 28.1 Å². The highest BCUT2D eigenvalue weighted by molar-refractivity contribution is 6.30. The zero-order chi connectivity index (χ0) is 39.9. The summed E-state index contributed by atoms with van der Waals surface area (Å²) in [5.41, 5.74) is 8.80. The van der Waals surface area contributed by atoms with Gasteiger partial charge in [0.25, 0.3) is 0 Å². The molecule has 5 N–H and O–H groups in total. The van der Waals surface area contributed by atoms with Crippen LogP contribution in [0.3, 0.4) is 0 Å². The lowest BCUT2D eigenvalue weighted by atomic mass is 9.99. The number of nitrogens with two attached hydrogens (primary N) is 1. The second kappa shape index (κ2) is 17.4. The molecule has 0 saturated carbocycles. The highest BCUT2D eigenvalue weighted by Gasteiger charge is 2.23. The highest BCUT2D eigenvalue weighted by Crippen LogP contribution is 2.32.